The molecule has 0 aromatic carbocycles. The lowest BCUT2D eigenvalue weighted by Gasteiger charge is -2.28. The van der Waals surface area contributed by atoms with Crippen molar-refractivity contribution in [2.45, 2.75) is 53.8 Å². The van der Waals surface area contributed by atoms with Crippen molar-refractivity contribution in [3.8, 4) is 0 Å². The zero-order valence-electron chi connectivity index (χ0n) is 14.7. The standard InChI is InChI=1S/C17H27N5O/c1-6-21-12-16(9-19-21)11-20(10-13(2)3)17(23)14(4)22-8-7-18-15(22)5/h7-9,12-14H,6,10-11H2,1-5H3/t14-/m1/s1. The lowest BCUT2D eigenvalue weighted by Crippen LogP contribution is -2.38. The number of hydrogen-bond acceptors (Lipinski definition) is 3. The third-order valence-electron chi connectivity index (χ3n) is 3.92. The number of carbonyl (C=O) groups excluding carboxylic acids is 1. The Kier molecular flexibility index (Phi) is 5.58. The molecule has 0 radical (unpaired) electrons. The Morgan fingerprint density at radius 1 is 1.35 bits per heavy atom. The molecule has 0 spiro atoms. The van der Waals surface area contributed by atoms with Crippen molar-refractivity contribution >= 4 is 5.91 Å². The number of amides is 1. The number of hydrogen-bond donors (Lipinski definition) is 0. The van der Waals surface area contributed by atoms with Crippen LogP contribution >= 0.6 is 0 Å². The molecule has 0 aliphatic heterocycles. The smallest absolute Gasteiger partial charge is 0.245 e. The van der Waals surface area contributed by atoms with E-state index in [0.717, 1.165) is 24.5 Å². The Balaban J connectivity index is 2.16. The van der Waals surface area contributed by atoms with Gasteiger partial charge in [-0.25, -0.2) is 4.98 Å². The highest BCUT2D eigenvalue weighted by Crippen LogP contribution is 2.16. The number of carbonyl (C=O) groups is 1. The van der Waals surface area contributed by atoms with Gasteiger partial charge < -0.3 is 9.47 Å². The van der Waals surface area contributed by atoms with Crippen LogP contribution in [0.1, 0.15) is 45.1 Å². The normalized spacial score (nSPS) is 12.6. The minimum Gasteiger partial charge on any atom is -0.336 e. The second kappa shape index (κ2) is 7.44. The molecule has 0 N–H and O–H groups in total. The second-order valence-corrected chi connectivity index (χ2v) is 6.37. The predicted molar refractivity (Wildman–Crippen MR) is 89.8 cm³/mol. The van der Waals surface area contributed by atoms with E-state index in [9.17, 15) is 4.79 Å². The van der Waals surface area contributed by atoms with Gasteiger partial charge in [0.1, 0.15) is 11.9 Å². The second-order valence-electron chi connectivity index (χ2n) is 6.37. The number of aromatic nitrogens is 4. The molecule has 6 heteroatoms. The molecule has 0 saturated carbocycles. The van der Waals surface area contributed by atoms with Crippen molar-refractivity contribution in [2.75, 3.05) is 6.54 Å². The van der Waals surface area contributed by atoms with Crippen LogP contribution in [0.15, 0.2) is 24.8 Å². The molecule has 2 aromatic heterocycles. The van der Waals surface area contributed by atoms with E-state index < -0.39 is 0 Å². The van der Waals surface area contributed by atoms with Crippen LogP contribution in [0.25, 0.3) is 0 Å². The van der Waals surface area contributed by atoms with Crippen LogP contribution in [0.3, 0.4) is 0 Å². The highest BCUT2D eigenvalue weighted by Gasteiger charge is 2.24. The summed E-state index contributed by atoms with van der Waals surface area (Å²) in [6.45, 7) is 12.3. The van der Waals surface area contributed by atoms with Crippen molar-refractivity contribution in [1.29, 1.82) is 0 Å². The monoisotopic (exact) mass is 317 g/mol. The van der Waals surface area contributed by atoms with Crippen LogP contribution in [-0.2, 0) is 17.9 Å². The van der Waals surface area contributed by atoms with Gasteiger partial charge >= 0.3 is 0 Å². The first-order chi connectivity index (χ1) is 10.9. The maximum Gasteiger partial charge on any atom is 0.245 e. The Bertz CT molecular complexity index is 643. The third-order valence-corrected chi connectivity index (χ3v) is 3.92. The summed E-state index contributed by atoms with van der Waals surface area (Å²) in [6.07, 6.45) is 7.45. The summed E-state index contributed by atoms with van der Waals surface area (Å²) in [7, 11) is 0. The lowest BCUT2D eigenvalue weighted by atomic mass is 10.1. The van der Waals surface area contributed by atoms with Crippen molar-refractivity contribution < 1.29 is 4.79 Å². The van der Waals surface area contributed by atoms with E-state index in [0.29, 0.717) is 12.5 Å². The first-order valence-electron chi connectivity index (χ1n) is 8.21. The fraction of sp³-hybridized carbons (Fsp3) is 0.588. The predicted octanol–water partition coefficient (Wildman–Crippen LogP) is 2.65. The first-order valence-corrected chi connectivity index (χ1v) is 8.21. The largest absolute Gasteiger partial charge is 0.336 e. The SMILES string of the molecule is CCn1cc(CN(CC(C)C)C(=O)[C@@H](C)n2ccnc2C)cn1. The van der Waals surface area contributed by atoms with Crippen molar-refractivity contribution in [2.24, 2.45) is 5.92 Å². The zero-order chi connectivity index (χ0) is 17.0. The molecular formula is C17H27N5O. The molecule has 2 heterocycles. The van der Waals surface area contributed by atoms with E-state index in [1.165, 1.54) is 0 Å². The number of aryl methyl sites for hydroxylation is 2. The molecule has 0 aliphatic rings. The van der Waals surface area contributed by atoms with Crippen molar-refractivity contribution in [3.63, 3.8) is 0 Å². The minimum absolute atomic E-state index is 0.115. The minimum atomic E-state index is -0.252. The van der Waals surface area contributed by atoms with Gasteiger partial charge in [-0.1, -0.05) is 13.8 Å². The molecule has 2 aromatic rings. The van der Waals surface area contributed by atoms with Gasteiger partial charge in [-0.3, -0.25) is 9.48 Å². The molecule has 0 bridgehead atoms. The number of imidazole rings is 1. The fourth-order valence-corrected chi connectivity index (χ4v) is 2.73. The average molecular weight is 317 g/mol. The summed E-state index contributed by atoms with van der Waals surface area (Å²) in [5.41, 5.74) is 1.07. The molecular weight excluding hydrogens is 290 g/mol. The van der Waals surface area contributed by atoms with Gasteiger partial charge in [0.05, 0.1) is 6.20 Å². The first kappa shape index (κ1) is 17.2. The van der Waals surface area contributed by atoms with Gasteiger partial charge in [0.15, 0.2) is 0 Å². The molecule has 0 saturated heterocycles. The van der Waals surface area contributed by atoms with Crippen LogP contribution in [-0.4, -0.2) is 36.7 Å². The number of nitrogens with zero attached hydrogens (tertiary/aromatic N) is 5. The third kappa shape index (κ3) is 4.21. The fourth-order valence-electron chi connectivity index (χ4n) is 2.73. The topological polar surface area (TPSA) is 56.0 Å². The molecule has 0 aliphatic carbocycles. The van der Waals surface area contributed by atoms with E-state index in [1.807, 2.05) is 46.6 Å². The molecule has 23 heavy (non-hydrogen) atoms. The van der Waals surface area contributed by atoms with Gasteiger partial charge in [0, 0.05) is 43.8 Å². The molecule has 6 nitrogen and oxygen atoms in total. The Labute approximate surface area is 138 Å². The summed E-state index contributed by atoms with van der Waals surface area (Å²) in [5.74, 6) is 1.38. The van der Waals surface area contributed by atoms with Crippen molar-refractivity contribution in [3.05, 3.63) is 36.2 Å². The summed E-state index contributed by atoms with van der Waals surface area (Å²) >= 11 is 0. The molecule has 1 atom stereocenters. The maximum atomic E-state index is 13.0. The van der Waals surface area contributed by atoms with Crippen LogP contribution < -0.4 is 0 Å². The van der Waals surface area contributed by atoms with Gasteiger partial charge in [-0.2, -0.15) is 5.10 Å². The van der Waals surface area contributed by atoms with Crippen molar-refractivity contribution in [1.82, 2.24) is 24.2 Å². The lowest BCUT2D eigenvalue weighted by molar-refractivity contribution is -0.135. The van der Waals surface area contributed by atoms with Gasteiger partial charge in [0.25, 0.3) is 0 Å². The summed E-state index contributed by atoms with van der Waals surface area (Å²) in [4.78, 5) is 19.1. The average Bonchev–Trinajstić information content (AvgIpc) is 3.13. The van der Waals surface area contributed by atoms with Crippen LogP contribution in [0.2, 0.25) is 0 Å². The van der Waals surface area contributed by atoms with E-state index >= 15 is 0 Å². The Morgan fingerprint density at radius 3 is 2.61 bits per heavy atom. The van der Waals surface area contributed by atoms with Crippen LogP contribution in [0.4, 0.5) is 0 Å². The molecule has 0 unspecified atom stereocenters. The highest BCUT2D eigenvalue weighted by atomic mass is 16.2. The van der Waals surface area contributed by atoms with Crippen LogP contribution in [0, 0.1) is 12.8 Å². The molecule has 2 rings (SSSR count). The van der Waals surface area contributed by atoms with E-state index in [4.69, 9.17) is 0 Å². The summed E-state index contributed by atoms with van der Waals surface area (Å²) < 4.78 is 3.81. The molecule has 0 fully saturated rings. The molecule has 1 amide bonds. The van der Waals surface area contributed by atoms with Gasteiger partial charge in [0.2, 0.25) is 5.91 Å². The van der Waals surface area contributed by atoms with E-state index in [-0.39, 0.29) is 11.9 Å². The van der Waals surface area contributed by atoms with Gasteiger partial charge in [-0.05, 0) is 26.7 Å². The highest BCUT2D eigenvalue weighted by molar-refractivity contribution is 5.80. The Hall–Kier alpha value is -2.11. The van der Waals surface area contributed by atoms with E-state index in [2.05, 4.69) is 30.9 Å². The quantitative estimate of drug-likeness (QED) is 0.789. The van der Waals surface area contributed by atoms with Gasteiger partial charge in [-0.15, -0.1) is 0 Å². The van der Waals surface area contributed by atoms with Crippen LogP contribution in [0.5, 0.6) is 0 Å². The summed E-state index contributed by atoms with van der Waals surface area (Å²) in [5, 5.41) is 4.30. The zero-order valence-corrected chi connectivity index (χ0v) is 14.7. The number of rotatable bonds is 7. The Morgan fingerprint density at radius 2 is 2.09 bits per heavy atom. The maximum absolute atomic E-state index is 13.0. The summed E-state index contributed by atoms with van der Waals surface area (Å²) in [6, 6.07) is -0.252. The van der Waals surface area contributed by atoms with E-state index in [1.54, 1.807) is 6.20 Å². The molecule has 126 valence electrons.